The highest BCUT2D eigenvalue weighted by Crippen LogP contribution is 2.19. The molecule has 0 aliphatic carbocycles. The number of rotatable bonds is 3. The Morgan fingerprint density at radius 1 is 1.39 bits per heavy atom. The van der Waals surface area contributed by atoms with Crippen molar-refractivity contribution in [3.05, 3.63) is 51.1 Å². The van der Waals surface area contributed by atoms with Gasteiger partial charge in [0.05, 0.1) is 17.4 Å². The van der Waals surface area contributed by atoms with Crippen LogP contribution in [-0.4, -0.2) is 30.6 Å². The largest absolute Gasteiger partial charge is 0.297 e. The third kappa shape index (κ3) is 2.70. The first kappa shape index (κ1) is 14.6. The quantitative estimate of drug-likeness (QED) is 0.738. The predicted molar refractivity (Wildman–Crippen MR) is 89.8 cm³/mol. The number of aromatic nitrogens is 4. The Morgan fingerprint density at radius 2 is 2.26 bits per heavy atom. The van der Waals surface area contributed by atoms with Gasteiger partial charge in [-0.15, -0.1) is 11.3 Å². The molecule has 0 radical (unpaired) electrons. The van der Waals surface area contributed by atoms with Crippen molar-refractivity contribution in [2.75, 3.05) is 6.54 Å². The highest BCUT2D eigenvalue weighted by Gasteiger charge is 2.20. The van der Waals surface area contributed by atoms with Crippen LogP contribution in [0.1, 0.15) is 36.8 Å². The van der Waals surface area contributed by atoms with E-state index < -0.39 is 0 Å². The Hall–Kier alpha value is -1.99. The molecule has 23 heavy (non-hydrogen) atoms. The molecule has 0 unspecified atom stereocenters. The summed E-state index contributed by atoms with van der Waals surface area (Å²) in [6, 6.07) is 1.85. The molecule has 3 aromatic rings. The van der Waals surface area contributed by atoms with Crippen molar-refractivity contribution in [2.45, 2.75) is 39.4 Å². The molecule has 4 rings (SSSR count). The van der Waals surface area contributed by atoms with Crippen LogP contribution in [0.5, 0.6) is 0 Å². The lowest BCUT2D eigenvalue weighted by Crippen LogP contribution is -2.35. The fraction of sp³-hybridized carbons (Fsp3) is 0.438. The molecular formula is C16H19N5OS. The summed E-state index contributed by atoms with van der Waals surface area (Å²) < 4.78 is 3.64. The van der Waals surface area contributed by atoms with E-state index in [9.17, 15) is 4.79 Å². The normalized spacial score (nSPS) is 15.4. The predicted octanol–water partition coefficient (Wildman–Crippen LogP) is 2.09. The van der Waals surface area contributed by atoms with Gasteiger partial charge < -0.3 is 0 Å². The number of hydrogen-bond acceptors (Lipinski definition) is 5. The molecule has 0 saturated heterocycles. The van der Waals surface area contributed by atoms with Crippen LogP contribution in [0.15, 0.2) is 28.6 Å². The number of imidazole rings is 1. The SMILES string of the molecule is CC(C)n1nc2c(cc1=O)CN(Cc1cn3ccsc3n1)CC2. The summed E-state index contributed by atoms with van der Waals surface area (Å²) in [7, 11) is 0. The molecule has 0 spiro atoms. The second kappa shape index (κ2) is 5.58. The van der Waals surface area contributed by atoms with Gasteiger partial charge in [0.25, 0.3) is 5.56 Å². The van der Waals surface area contributed by atoms with E-state index in [0.29, 0.717) is 0 Å². The van der Waals surface area contributed by atoms with Crippen LogP contribution in [0, 0.1) is 0 Å². The summed E-state index contributed by atoms with van der Waals surface area (Å²) in [4.78, 5) is 20.1. The van der Waals surface area contributed by atoms with Gasteiger partial charge in [0.1, 0.15) is 0 Å². The van der Waals surface area contributed by atoms with E-state index in [1.807, 2.05) is 25.4 Å². The van der Waals surface area contributed by atoms with Gasteiger partial charge in [-0.1, -0.05) is 0 Å². The second-order valence-electron chi connectivity index (χ2n) is 6.28. The monoisotopic (exact) mass is 329 g/mol. The van der Waals surface area contributed by atoms with E-state index in [-0.39, 0.29) is 11.6 Å². The highest BCUT2D eigenvalue weighted by atomic mass is 32.1. The van der Waals surface area contributed by atoms with E-state index >= 15 is 0 Å². The fourth-order valence-electron chi connectivity index (χ4n) is 3.06. The molecule has 0 saturated carbocycles. The molecule has 0 atom stereocenters. The molecule has 1 aliphatic rings. The van der Waals surface area contributed by atoms with E-state index in [0.717, 1.165) is 48.0 Å². The number of hydrogen-bond donors (Lipinski definition) is 0. The summed E-state index contributed by atoms with van der Waals surface area (Å²) in [6.07, 6.45) is 4.99. The van der Waals surface area contributed by atoms with Crippen LogP contribution >= 0.6 is 11.3 Å². The summed E-state index contributed by atoms with van der Waals surface area (Å²) in [5, 5.41) is 6.58. The minimum Gasteiger partial charge on any atom is -0.297 e. The van der Waals surface area contributed by atoms with E-state index in [1.165, 1.54) is 0 Å². The Labute approximate surface area is 138 Å². The van der Waals surface area contributed by atoms with E-state index in [4.69, 9.17) is 0 Å². The molecule has 120 valence electrons. The molecule has 1 aliphatic heterocycles. The van der Waals surface area contributed by atoms with Crippen molar-refractivity contribution in [3.63, 3.8) is 0 Å². The summed E-state index contributed by atoms with van der Waals surface area (Å²) >= 11 is 1.64. The van der Waals surface area contributed by atoms with E-state index in [1.54, 1.807) is 22.1 Å². The molecule has 3 aromatic heterocycles. The van der Waals surface area contributed by atoms with Crippen LogP contribution in [0.4, 0.5) is 0 Å². The van der Waals surface area contributed by atoms with Gasteiger partial charge in [0.2, 0.25) is 0 Å². The van der Waals surface area contributed by atoms with Crippen molar-refractivity contribution in [2.24, 2.45) is 0 Å². The molecule has 0 fully saturated rings. The van der Waals surface area contributed by atoms with Crippen molar-refractivity contribution >= 4 is 16.3 Å². The summed E-state index contributed by atoms with van der Waals surface area (Å²) in [6.45, 7) is 6.49. The molecular weight excluding hydrogens is 310 g/mol. The zero-order chi connectivity index (χ0) is 16.0. The Balaban J connectivity index is 1.55. The first-order chi connectivity index (χ1) is 11.1. The lowest BCUT2D eigenvalue weighted by atomic mass is 10.1. The maximum absolute atomic E-state index is 12.1. The smallest absolute Gasteiger partial charge is 0.267 e. The van der Waals surface area contributed by atoms with Gasteiger partial charge in [-0.3, -0.25) is 14.1 Å². The lowest BCUT2D eigenvalue weighted by molar-refractivity contribution is 0.238. The summed E-state index contributed by atoms with van der Waals surface area (Å²) in [5.74, 6) is 0. The minimum absolute atomic E-state index is 0.0110. The van der Waals surface area contributed by atoms with Gasteiger partial charge in [-0.05, 0) is 19.4 Å². The fourth-order valence-corrected chi connectivity index (χ4v) is 3.78. The van der Waals surface area contributed by atoms with Crippen LogP contribution in [-0.2, 0) is 19.5 Å². The molecule has 0 aromatic carbocycles. The molecule has 0 N–H and O–H groups in total. The second-order valence-corrected chi connectivity index (χ2v) is 7.15. The third-order valence-corrected chi connectivity index (χ3v) is 4.97. The van der Waals surface area contributed by atoms with Crippen LogP contribution < -0.4 is 5.56 Å². The minimum atomic E-state index is -0.0110. The van der Waals surface area contributed by atoms with Crippen LogP contribution in [0.25, 0.3) is 4.96 Å². The third-order valence-electron chi connectivity index (χ3n) is 4.20. The summed E-state index contributed by atoms with van der Waals surface area (Å²) in [5.41, 5.74) is 3.17. The Morgan fingerprint density at radius 3 is 3.04 bits per heavy atom. The molecule has 0 amide bonds. The maximum atomic E-state index is 12.1. The highest BCUT2D eigenvalue weighted by molar-refractivity contribution is 7.15. The number of nitrogens with zero attached hydrogens (tertiary/aromatic N) is 5. The van der Waals surface area contributed by atoms with Gasteiger partial charge in [-0.25, -0.2) is 9.67 Å². The zero-order valence-electron chi connectivity index (χ0n) is 13.3. The Kier molecular flexibility index (Phi) is 3.54. The van der Waals surface area contributed by atoms with Gasteiger partial charge in [0.15, 0.2) is 4.96 Å². The number of fused-ring (bicyclic) bond motifs is 2. The van der Waals surface area contributed by atoms with Crippen LogP contribution in [0.2, 0.25) is 0 Å². The van der Waals surface area contributed by atoms with Crippen LogP contribution in [0.3, 0.4) is 0 Å². The van der Waals surface area contributed by atoms with Gasteiger partial charge in [0, 0.05) is 49.9 Å². The first-order valence-electron chi connectivity index (χ1n) is 7.85. The van der Waals surface area contributed by atoms with E-state index in [2.05, 4.69) is 25.6 Å². The van der Waals surface area contributed by atoms with Gasteiger partial charge in [-0.2, -0.15) is 5.10 Å². The van der Waals surface area contributed by atoms with Crippen molar-refractivity contribution in [3.8, 4) is 0 Å². The zero-order valence-corrected chi connectivity index (χ0v) is 14.1. The average Bonchev–Trinajstić information content (AvgIpc) is 3.07. The topological polar surface area (TPSA) is 55.4 Å². The lowest BCUT2D eigenvalue weighted by Gasteiger charge is -2.27. The number of thiazole rings is 1. The van der Waals surface area contributed by atoms with Crippen molar-refractivity contribution < 1.29 is 0 Å². The Bertz CT molecular complexity index is 878. The molecule has 4 heterocycles. The standard InChI is InChI=1S/C16H19N5OS/c1-11(2)21-15(22)7-12-8-19(4-3-14(12)18-21)9-13-10-20-5-6-23-16(20)17-13/h5-7,10-11H,3-4,8-9H2,1-2H3. The average molecular weight is 329 g/mol. The molecule has 6 nitrogen and oxygen atoms in total. The van der Waals surface area contributed by atoms with Crippen molar-refractivity contribution in [1.82, 2.24) is 24.1 Å². The first-order valence-corrected chi connectivity index (χ1v) is 8.73. The van der Waals surface area contributed by atoms with Crippen molar-refractivity contribution in [1.29, 1.82) is 0 Å². The van der Waals surface area contributed by atoms with Gasteiger partial charge >= 0.3 is 0 Å². The molecule has 7 heteroatoms. The molecule has 0 bridgehead atoms. The maximum Gasteiger partial charge on any atom is 0.267 e.